The van der Waals surface area contributed by atoms with Crippen molar-refractivity contribution in [3.8, 4) is 5.75 Å². The number of hydrogen-bond acceptors (Lipinski definition) is 4. The molecule has 0 aliphatic heterocycles. The lowest BCUT2D eigenvalue weighted by Gasteiger charge is -2.16. The maximum atomic E-state index is 11.9. The number of rotatable bonds is 8. The lowest BCUT2D eigenvalue weighted by molar-refractivity contribution is -0.143. The van der Waals surface area contributed by atoms with Crippen LogP contribution in [0.4, 0.5) is 0 Å². The van der Waals surface area contributed by atoms with Crippen LogP contribution in [0.2, 0.25) is 0 Å². The molecule has 1 atom stereocenters. The maximum absolute atomic E-state index is 11.9. The summed E-state index contributed by atoms with van der Waals surface area (Å²) in [5.74, 6) is 1.64. The fraction of sp³-hybridized carbons (Fsp3) is 0.316. The van der Waals surface area contributed by atoms with Crippen LogP contribution in [-0.2, 0) is 9.53 Å². The van der Waals surface area contributed by atoms with Gasteiger partial charge in [-0.25, -0.2) is 0 Å². The predicted octanol–water partition coefficient (Wildman–Crippen LogP) is 4.52. The van der Waals surface area contributed by atoms with Crippen LogP contribution in [0.5, 0.6) is 5.75 Å². The summed E-state index contributed by atoms with van der Waals surface area (Å²) in [7, 11) is 1.66. The van der Waals surface area contributed by atoms with E-state index in [1.807, 2.05) is 43.3 Å². The molecule has 4 heteroatoms. The Kier molecular flexibility index (Phi) is 7.01. The summed E-state index contributed by atoms with van der Waals surface area (Å²) < 4.78 is 10.4. The molecule has 122 valence electrons. The largest absolute Gasteiger partial charge is 0.497 e. The van der Waals surface area contributed by atoms with Crippen molar-refractivity contribution in [1.82, 2.24) is 0 Å². The molecule has 2 aromatic rings. The minimum absolute atomic E-state index is 0.131. The van der Waals surface area contributed by atoms with Gasteiger partial charge in [0.05, 0.1) is 20.1 Å². The van der Waals surface area contributed by atoms with Gasteiger partial charge < -0.3 is 9.47 Å². The van der Waals surface area contributed by atoms with Gasteiger partial charge in [0, 0.05) is 16.6 Å². The van der Waals surface area contributed by atoms with Crippen LogP contribution in [-0.4, -0.2) is 25.4 Å². The highest BCUT2D eigenvalue weighted by Gasteiger charge is 2.17. The van der Waals surface area contributed by atoms with Crippen molar-refractivity contribution in [3.63, 3.8) is 0 Å². The fourth-order valence-electron chi connectivity index (χ4n) is 2.31. The summed E-state index contributed by atoms with van der Waals surface area (Å²) in [6, 6.07) is 18.1. The lowest BCUT2D eigenvalue weighted by atomic mass is 9.98. The minimum Gasteiger partial charge on any atom is -0.497 e. The zero-order chi connectivity index (χ0) is 16.5. The molecule has 23 heavy (non-hydrogen) atoms. The topological polar surface area (TPSA) is 35.5 Å². The van der Waals surface area contributed by atoms with Gasteiger partial charge in [-0.1, -0.05) is 36.4 Å². The smallest absolute Gasteiger partial charge is 0.306 e. The van der Waals surface area contributed by atoms with Gasteiger partial charge in [-0.15, -0.1) is 11.8 Å². The SMILES string of the molecule is CCOC(=O)CC(CSc1cccc(OC)c1)c1ccccc1. The molecule has 0 bridgehead atoms. The van der Waals surface area contributed by atoms with E-state index in [-0.39, 0.29) is 11.9 Å². The third-order valence-corrected chi connectivity index (χ3v) is 4.64. The van der Waals surface area contributed by atoms with Crippen LogP contribution in [0.15, 0.2) is 59.5 Å². The van der Waals surface area contributed by atoms with Crippen LogP contribution >= 0.6 is 11.8 Å². The molecule has 0 heterocycles. The third kappa shape index (κ3) is 5.64. The van der Waals surface area contributed by atoms with Gasteiger partial charge in [0.15, 0.2) is 0 Å². The van der Waals surface area contributed by atoms with E-state index in [9.17, 15) is 4.79 Å². The predicted molar refractivity (Wildman–Crippen MR) is 94.2 cm³/mol. The van der Waals surface area contributed by atoms with Gasteiger partial charge in [0.2, 0.25) is 0 Å². The van der Waals surface area contributed by atoms with Crippen molar-refractivity contribution in [2.24, 2.45) is 0 Å². The Morgan fingerprint density at radius 1 is 1.13 bits per heavy atom. The highest BCUT2D eigenvalue weighted by Crippen LogP contribution is 2.30. The number of esters is 1. The number of carbonyl (C=O) groups is 1. The molecule has 0 spiro atoms. The molecule has 0 amide bonds. The van der Waals surface area contributed by atoms with E-state index in [1.165, 1.54) is 0 Å². The standard InChI is InChI=1S/C19H22O3S/c1-3-22-19(20)12-16(15-8-5-4-6-9-15)14-23-18-11-7-10-17(13-18)21-2/h4-11,13,16H,3,12,14H2,1-2H3. The Balaban J connectivity index is 2.06. The molecular formula is C19H22O3S. The van der Waals surface area contributed by atoms with Crippen molar-refractivity contribution < 1.29 is 14.3 Å². The highest BCUT2D eigenvalue weighted by molar-refractivity contribution is 7.99. The van der Waals surface area contributed by atoms with Gasteiger partial charge in [-0.2, -0.15) is 0 Å². The Labute approximate surface area is 142 Å². The highest BCUT2D eigenvalue weighted by atomic mass is 32.2. The second-order valence-electron chi connectivity index (χ2n) is 5.11. The van der Waals surface area contributed by atoms with Crippen LogP contribution < -0.4 is 4.74 Å². The molecule has 3 nitrogen and oxygen atoms in total. The Morgan fingerprint density at radius 3 is 2.61 bits per heavy atom. The first-order chi connectivity index (χ1) is 11.2. The first kappa shape index (κ1) is 17.4. The molecule has 0 fully saturated rings. The van der Waals surface area contributed by atoms with Crippen LogP contribution in [0, 0.1) is 0 Å². The summed E-state index contributed by atoms with van der Waals surface area (Å²) >= 11 is 1.73. The summed E-state index contributed by atoms with van der Waals surface area (Å²) in [5.41, 5.74) is 1.16. The van der Waals surface area contributed by atoms with Crippen LogP contribution in [0.1, 0.15) is 24.8 Å². The molecule has 0 saturated heterocycles. The Morgan fingerprint density at radius 2 is 1.91 bits per heavy atom. The molecule has 0 aliphatic carbocycles. The van der Waals surface area contributed by atoms with Crippen molar-refractivity contribution >= 4 is 17.7 Å². The van der Waals surface area contributed by atoms with Crippen molar-refractivity contribution in [2.45, 2.75) is 24.2 Å². The second-order valence-corrected chi connectivity index (χ2v) is 6.20. The molecule has 0 N–H and O–H groups in total. The van der Waals surface area contributed by atoms with Gasteiger partial charge >= 0.3 is 5.97 Å². The molecule has 0 radical (unpaired) electrons. The zero-order valence-electron chi connectivity index (χ0n) is 13.5. The maximum Gasteiger partial charge on any atom is 0.306 e. The number of benzene rings is 2. The molecule has 2 rings (SSSR count). The molecule has 2 aromatic carbocycles. The van der Waals surface area contributed by atoms with E-state index >= 15 is 0 Å². The van der Waals surface area contributed by atoms with E-state index in [1.54, 1.807) is 18.9 Å². The number of hydrogen-bond donors (Lipinski definition) is 0. The summed E-state index contributed by atoms with van der Waals surface area (Å²) in [6.07, 6.45) is 0.398. The van der Waals surface area contributed by atoms with Crippen LogP contribution in [0.3, 0.4) is 0 Å². The van der Waals surface area contributed by atoms with Crippen molar-refractivity contribution in [1.29, 1.82) is 0 Å². The van der Waals surface area contributed by atoms with Crippen LogP contribution in [0.25, 0.3) is 0 Å². The Hall–Kier alpha value is -1.94. The summed E-state index contributed by atoms with van der Waals surface area (Å²) in [6.45, 7) is 2.25. The number of thioether (sulfide) groups is 1. The average molecular weight is 330 g/mol. The summed E-state index contributed by atoms with van der Waals surface area (Å²) in [5, 5.41) is 0. The average Bonchev–Trinajstić information content (AvgIpc) is 2.59. The monoisotopic (exact) mass is 330 g/mol. The van der Waals surface area contributed by atoms with E-state index < -0.39 is 0 Å². The van der Waals surface area contributed by atoms with Gasteiger partial charge in [0.25, 0.3) is 0 Å². The normalized spacial score (nSPS) is 11.7. The molecule has 0 aromatic heterocycles. The molecule has 0 saturated carbocycles. The van der Waals surface area contributed by atoms with Gasteiger partial charge in [0.1, 0.15) is 5.75 Å². The first-order valence-electron chi connectivity index (χ1n) is 7.70. The zero-order valence-corrected chi connectivity index (χ0v) is 14.3. The van der Waals surface area contributed by atoms with Gasteiger partial charge in [-0.05, 0) is 30.7 Å². The number of carbonyl (C=O) groups excluding carboxylic acids is 1. The van der Waals surface area contributed by atoms with Crippen molar-refractivity contribution in [3.05, 3.63) is 60.2 Å². The number of ether oxygens (including phenoxy) is 2. The second kappa shape index (κ2) is 9.26. The van der Waals surface area contributed by atoms with Crippen molar-refractivity contribution in [2.75, 3.05) is 19.5 Å². The fourth-order valence-corrected chi connectivity index (χ4v) is 3.39. The quantitative estimate of drug-likeness (QED) is 0.526. The first-order valence-corrected chi connectivity index (χ1v) is 8.69. The summed E-state index contributed by atoms with van der Waals surface area (Å²) in [4.78, 5) is 13.0. The van der Waals surface area contributed by atoms with Gasteiger partial charge in [-0.3, -0.25) is 4.79 Å². The van der Waals surface area contributed by atoms with E-state index in [2.05, 4.69) is 18.2 Å². The Bertz CT molecular complexity index is 613. The van der Waals surface area contributed by atoms with E-state index in [4.69, 9.17) is 9.47 Å². The molecule has 0 aliphatic rings. The third-order valence-electron chi connectivity index (χ3n) is 3.48. The lowest BCUT2D eigenvalue weighted by Crippen LogP contribution is -2.12. The minimum atomic E-state index is -0.146. The van der Waals surface area contributed by atoms with E-state index in [0.717, 1.165) is 22.0 Å². The number of methoxy groups -OCH3 is 1. The van der Waals surface area contributed by atoms with E-state index in [0.29, 0.717) is 13.0 Å². The molecule has 1 unspecified atom stereocenters. The molecular weight excluding hydrogens is 308 g/mol.